The lowest BCUT2D eigenvalue weighted by atomic mass is 9.91. The summed E-state index contributed by atoms with van der Waals surface area (Å²) in [5, 5.41) is 0.791. The molecule has 1 aromatic carbocycles. The van der Waals surface area contributed by atoms with Crippen molar-refractivity contribution in [2.75, 3.05) is 0 Å². The first-order chi connectivity index (χ1) is 6.35. The Balaban J connectivity index is 3.19. The topological polar surface area (TPSA) is 26.0 Å². The molecule has 2 atom stereocenters. The van der Waals surface area contributed by atoms with Crippen LogP contribution in [0.4, 0.5) is 4.39 Å². The Kier molecular flexibility index (Phi) is 3.40. The smallest absolute Gasteiger partial charge is 0.149 e. The number of hydrogen-bond donors (Lipinski definition) is 1. The third-order valence-corrected chi connectivity index (χ3v) is 2.86. The number of nitrogens with two attached hydrogens (primary N) is 1. The number of rotatable bonds is 2. The quantitative estimate of drug-likeness (QED) is 0.835. The first-order valence-electron chi connectivity index (χ1n) is 4.25. The molecule has 0 aromatic heterocycles. The lowest BCUT2D eigenvalue weighted by Crippen LogP contribution is -2.37. The molecule has 0 amide bonds. The van der Waals surface area contributed by atoms with Crippen molar-refractivity contribution >= 4 is 23.2 Å². The molecule has 0 spiro atoms. The summed E-state index contributed by atoms with van der Waals surface area (Å²) in [4.78, 5) is 0. The minimum atomic E-state index is -1.64. The van der Waals surface area contributed by atoms with Gasteiger partial charge in [-0.2, -0.15) is 0 Å². The molecule has 1 rings (SSSR count). The van der Waals surface area contributed by atoms with Crippen molar-refractivity contribution in [3.8, 4) is 0 Å². The van der Waals surface area contributed by atoms with Crippen LogP contribution in [-0.2, 0) is 5.67 Å². The number of hydrogen-bond acceptors (Lipinski definition) is 1. The van der Waals surface area contributed by atoms with E-state index in [2.05, 4.69) is 0 Å². The Morgan fingerprint density at radius 3 is 2.43 bits per heavy atom. The Labute approximate surface area is 93.0 Å². The molecule has 0 aliphatic rings. The monoisotopic (exact) mass is 235 g/mol. The fourth-order valence-electron chi connectivity index (χ4n) is 1.13. The standard InChI is InChI=1S/C10H12Cl2FN/c1-6(14)10(2,13)8-4-3-7(11)5-9(8)12/h3-6H,14H2,1-2H3. The van der Waals surface area contributed by atoms with Crippen molar-refractivity contribution < 1.29 is 4.39 Å². The minimum Gasteiger partial charge on any atom is -0.325 e. The number of alkyl halides is 1. The third-order valence-electron chi connectivity index (χ3n) is 2.31. The third kappa shape index (κ3) is 2.19. The van der Waals surface area contributed by atoms with E-state index >= 15 is 0 Å². The zero-order chi connectivity index (χ0) is 10.9. The van der Waals surface area contributed by atoms with Gasteiger partial charge in [0.1, 0.15) is 5.67 Å². The van der Waals surface area contributed by atoms with E-state index in [4.69, 9.17) is 28.9 Å². The van der Waals surface area contributed by atoms with Crippen molar-refractivity contribution in [2.24, 2.45) is 5.73 Å². The highest BCUT2D eigenvalue weighted by Crippen LogP contribution is 2.34. The summed E-state index contributed by atoms with van der Waals surface area (Å²) in [7, 11) is 0. The van der Waals surface area contributed by atoms with Gasteiger partial charge in [-0.1, -0.05) is 29.3 Å². The second kappa shape index (κ2) is 4.05. The molecule has 0 fully saturated rings. The van der Waals surface area contributed by atoms with E-state index in [9.17, 15) is 4.39 Å². The Hall–Kier alpha value is -0.310. The number of halogens is 3. The maximum absolute atomic E-state index is 14.1. The van der Waals surface area contributed by atoms with Crippen LogP contribution >= 0.6 is 23.2 Å². The van der Waals surface area contributed by atoms with Crippen molar-refractivity contribution in [3.63, 3.8) is 0 Å². The summed E-state index contributed by atoms with van der Waals surface area (Å²) in [6, 6.07) is 4.05. The first kappa shape index (κ1) is 11.8. The summed E-state index contributed by atoms with van der Waals surface area (Å²) in [5.74, 6) is 0. The van der Waals surface area contributed by atoms with Crippen LogP contribution in [-0.4, -0.2) is 6.04 Å². The zero-order valence-electron chi connectivity index (χ0n) is 8.02. The summed E-state index contributed by atoms with van der Waals surface area (Å²) >= 11 is 11.6. The molecule has 2 unspecified atom stereocenters. The van der Waals surface area contributed by atoms with Gasteiger partial charge in [-0.25, -0.2) is 4.39 Å². The average molecular weight is 236 g/mol. The van der Waals surface area contributed by atoms with E-state index in [-0.39, 0.29) is 0 Å². The van der Waals surface area contributed by atoms with Crippen LogP contribution in [0.25, 0.3) is 0 Å². The van der Waals surface area contributed by atoms with Gasteiger partial charge in [0.15, 0.2) is 0 Å². The molecule has 1 aromatic rings. The summed E-state index contributed by atoms with van der Waals surface area (Å²) in [6.45, 7) is 3.01. The maximum atomic E-state index is 14.1. The minimum absolute atomic E-state index is 0.305. The van der Waals surface area contributed by atoms with Gasteiger partial charge in [-0.05, 0) is 26.0 Å². The van der Waals surface area contributed by atoms with Gasteiger partial charge in [0.2, 0.25) is 0 Å². The fraction of sp³-hybridized carbons (Fsp3) is 0.400. The van der Waals surface area contributed by atoms with E-state index in [1.807, 2.05) is 0 Å². The van der Waals surface area contributed by atoms with Crippen LogP contribution in [0.3, 0.4) is 0 Å². The molecule has 4 heteroatoms. The first-order valence-corrected chi connectivity index (χ1v) is 5.01. The molecule has 0 aliphatic heterocycles. The Bertz CT molecular complexity index is 337. The molecule has 14 heavy (non-hydrogen) atoms. The van der Waals surface area contributed by atoms with Crippen LogP contribution in [0, 0.1) is 0 Å². The molecule has 0 saturated carbocycles. The second-order valence-electron chi connectivity index (χ2n) is 3.49. The van der Waals surface area contributed by atoms with E-state index in [1.165, 1.54) is 13.0 Å². The predicted molar refractivity (Wildman–Crippen MR) is 58.6 cm³/mol. The van der Waals surface area contributed by atoms with Crippen LogP contribution < -0.4 is 5.73 Å². The van der Waals surface area contributed by atoms with Gasteiger partial charge in [-0.3, -0.25) is 0 Å². The molecule has 0 heterocycles. The summed E-state index contributed by atoms with van der Waals surface area (Å²) < 4.78 is 14.1. The van der Waals surface area contributed by atoms with E-state index in [0.717, 1.165) is 0 Å². The molecule has 0 aliphatic carbocycles. The summed E-state index contributed by atoms with van der Waals surface area (Å²) in [6.07, 6.45) is 0. The van der Waals surface area contributed by atoms with E-state index < -0.39 is 11.7 Å². The van der Waals surface area contributed by atoms with Gasteiger partial charge in [0.25, 0.3) is 0 Å². The highest BCUT2D eigenvalue weighted by Gasteiger charge is 2.32. The summed E-state index contributed by atoms with van der Waals surface area (Å²) in [5.41, 5.74) is 4.28. The fourth-order valence-corrected chi connectivity index (χ4v) is 1.72. The lowest BCUT2D eigenvalue weighted by molar-refractivity contribution is 0.158. The van der Waals surface area contributed by atoms with Gasteiger partial charge < -0.3 is 5.73 Å². The molecule has 1 nitrogen and oxygen atoms in total. The van der Waals surface area contributed by atoms with Gasteiger partial charge in [-0.15, -0.1) is 0 Å². The van der Waals surface area contributed by atoms with Crippen LogP contribution in [0.2, 0.25) is 10.0 Å². The van der Waals surface area contributed by atoms with Crippen molar-refractivity contribution in [1.29, 1.82) is 0 Å². The Morgan fingerprint density at radius 1 is 1.43 bits per heavy atom. The van der Waals surface area contributed by atoms with Gasteiger partial charge in [0.05, 0.1) is 0 Å². The van der Waals surface area contributed by atoms with E-state index in [0.29, 0.717) is 15.6 Å². The molecule has 0 bridgehead atoms. The van der Waals surface area contributed by atoms with Crippen molar-refractivity contribution in [1.82, 2.24) is 0 Å². The highest BCUT2D eigenvalue weighted by atomic mass is 35.5. The lowest BCUT2D eigenvalue weighted by Gasteiger charge is -2.26. The highest BCUT2D eigenvalue weighted by molar-refractivity contribution is 6.35. The SMILES string of the molecule is CC(N)C(C)(F)c1ccc(Cl)cc1Cl. The van der Waals surface area contributed by atoms with Crippen molar-refractivity contribution in [3.05, 3.63) is 33.8 Å². The molecule has 0 radical (unpaired) electrons. The van der Waals surface area contributed by atoms with Gasteiger partial charge >= 0.3 is 0 Å². The normalized spacial score (nSPS) is 17.6. The largest absolute Gasteiger partial charge is 0.325 e. The van der Waals surface area contributed by atoms with Crippen LogP contribution in [0.5, 0.6) is 0 Å². The molecular formula is C10H12Cl2FN. The second-order valence-corrected chi connectivity index (χ2v) is 4.33. The van der Waals surface area contributed by atoms with Crippen LogP contribution in [0.15, 0.2) is 18.2 Å². The van der Waals surface area contributed by atoms with E-state index in [1.54, 1.807) is 19.1 Å². The molecular weight excluding hydrogens is 224 g/mol. The average Bonchev–Trinajstić information content (AvgIpc) is 2.02. The van der Waals surface area contributed by atoms with Crippen LogP contribution in [0.1, 0.15) is 19.4 Å². The molecule has 78 valence electrons. The predicted octanol–water partition coefficient (Wildman–Crippen LogP) is 3.53. The number of benzene rings is 1. The molecule has 0 saturated heterocycles. The maximum Gasteiger partial charge on any atom is 0.149 e. The Morgan fingerprint density at radius 2 is 2.00 bits per heavy atom. The van der Waals surface area contributed by atoms with Gasteiger partial charge in [0, 0.05) is 21.7 Å². The van der Waals surface area contributed by atoms with Crippen molar-refractivity contribution in [2.45, 2.75) is 25.6 Å². The molecule has 2 N–H and O–H groups in total. The zero-order valence-corrected chi connectivity index (χ0v) is 9.53.